The van der Waals surface area contributed by atoms with Crippen molar-refractivity contribution in [1.29, 1.82) is 0 Å². The van der Waals surface area contributed by atoms with Crippen molar-refractivity contribution in [3.8, 4) is 5.69 Å². The van der Waals surface area contributed by atoms with E-state index in [2.05, 4.69) is 25.9 Å². The first-order chi connectivity index (χ1) is 16.7. The summed E-state index contributed by atoms with van der Waals surface area (Å²) >= 11 is 6.32. The number of halogens is 3. The molecular weight excluding hydrogens is 478 g/mol. The maximum atomic E-state index is 14.7. The topological polar surface area (TPSA) is 101 Å². The molecule has 4 aromatic rings. The Balaban J connectivity index is 1.78. The second-order valence-corrected chi connectivity index (χ2v) is 8.44. The third-order valence-electron chi connectivity index (χ3n) is 5.28. The van der Waals surface area contributed by atoms with Crippen LogP contribution in [0.2, 0.25) is 5.02 Å². The van der Waals surface area contributed by atoms with Crippen molar-refractivity contribution in [2.24, 2.45) is 0 Å². The number of anilines is 3. The van der Waals surface area contributed by atoms with Gasteiger partial charge in [-0.15, -0.1) is 0 Å². The Labute approximate surface area is 204 Å². The lowest BCUT2D eigenvalue weighted by Gasteiger charge is -2.17. The number of amides is 2. The Morgan fingerprint density at radius 2 is 1.86 bits per heavy atom. The summed E-state index contributed by atoms with van der Waals surface area (Å²) < 4.78 is 29.3. The van der Waals surface area contributed by atoms with E-state index < -0.39 is 17.7 Å². The molecule has 2 amide bonds. The average molecular weight is 499 g/mol. The molecule has 3 N–H and O–H groups in total. The number of urea groups is 1. The molecule has 0 aliphatic rings. The fourth-order valence-corrected chi connectivity index (χ4v) is 3.94. The molecule has 0 radical (unpaired) electrons. The van der Waals surface area contributed by atoms with Crippen LogP contribution in [0.1, 0.15) is 25.3 Å². The highest BCUT2D eigenvalue weighted by Gasteiger charge is 2.19. The van der Waals surface area contributed by atoms with Crippen molar-refractivity contribution in [2.45, 2.75) is 19.8 Å². The van der Waals surface area contributed by atoms with Gasteiger partial charge in [-0.05, 0) is 29.5 Å². The molecular formula is C24H21ClF2N6O2. The maximum Gasteiger partial charge on any atom is 0.323 e. The fraction of sp³-hybridized carbons (Fsp3) is 0.167. The lowest BCUT2D eigenvalue weighted by molar-refractivity contribution is 0.262. The van der Waals surface area contributed by atoms with Crippen molar-refractivity contribution >= 4 is 45.6 Å². The van der Waals surface area contributed by atoms with Crippen molar-refractivity contribution < 1.29 is 13.6 Å². The van der Waals surface area contributed by atoms with E-state index >= 15 is 0 Å². The molecule has 0 unspecified atom stereocenters. The maximum absolute atomic E-state index is 14.7. The van der Waals surface area contributed by atoms with E-state index in [1.165, 1.54) is 16.8 Å². The predicted octanol–water partition coefficient (Wildman–Crippen LogP) is 5.52. The molecule has 0 fully saturated rings. The second kappa shape index (κ2) is 9.67. The number of aromatic nitrogens is 3. The second-order valence-electron chi connectivity index (χ2n) is 8.03. The number of rotatable bonds is 5. The van der Waals surface area contributed by atoms with E-state index in [0.29, 0.717) is 16.8 Å². The Morgan fingerprint density at radius 1 is 1.09 bits per heavy atom. The zero-order valence-electron chi connectivity index (χ0n) is 19.0. The fourth-order valence-electron chi connectivity index (χ4n) is 3.70. The summed E-state index contributed by atoms with van der Waals surface area (Å²) in [4.78, 5) is 33.8. The molecule has 0 atom stereocenters. The first-order valence-electron chi connectivity index (χ1n) is 10.6. The van der Waals surface area contributed by atoms with Gasteiger partial charge in [0.05, 0.1) is 34.5 Å². The van der Waals surface area contributed by atoms with E-state index in [4.69, 9.17) is 11.6 Å². The zero-order valence-corrected chi connectivity index (χ0v) is 19.7. The molecule has 8 nitrogen and oxygen atoms in total. The minimum absolute atomic E-state index is 0.0289. The van der Waals surface area contributed by atoms with Crippen molar-refractivity contribution in [3.05, 3.63) is 81.6 Å². The quantitative estimate of drug-likeness (QED) is 0.336. The summed E-state index contributed by atoms with van der Waals surface area (Å²) in [5.41, 5.74) is 0.219. The smallest absolute Gasteiger partial charge is 0.323 e. The van der Waals surface area contributed by atoms with Gasteiger partial charge in [0.2, 0.25) is 0 Å². The van der Waals surface area contributed by atoms with Gasteiger partial charge in [-0.3, -0.25) is 14.3 Å². The predicted molar refractivity (Wildman–Crippen MR) is 133 cm³/mol. The van der Waals surface area contributed by atoms with Crippen LogP contribution in [0.5, 0.6) is 0 Å². The first kappa shape index (κ1) is 24.1. The summed E-state index contributed by atoms with van der Waals surface area (Å²) in [6, 6.07) is 4.28. The number of nitrogens with one attached hydrogen (secondary N) is 3. The van der Waals surface area contributed by atoms with Gasteiger partial charge in [-0.1, -0.05) is 25.4 Å². The summed E-state index contributed by atoms with van der Waals surface area (Å²) in [5.74, 6) is -0.977. The van der Waals surface area contributed by atoms with Crippen LogP contribution in [0.15, 0.2) is 53.8 Å². The van der Waals surface area contributed by atoms with Crippen molar-refractivity contribution in [2.75, 3.05) is 23.0 Å². The van der Waals surface area contributed by atoms with E-state index in [9.17, 15) is 18.4 Å². The largest absolute Gasteiger partial charge is 0.373 e. The van der Waals surface area contributed by atoms with Gasteiger partial charge in [-0.25, -0.2) is 18.6 Å². The molecule has 0 spiro atoms. The number of hydrogen-bond acceptors (Lipinski definition) is 5. The van der Waals surface area contributed by atoms with Gasteiger partial charge < -0.3 is 16.0 Å². The number of benzene rings is 1. The van der Waals surface area contributed by atoms with Crippen molar-refractivity contribution in [3.63, 3.8) is 0 Å². The van der Waals surface area contributed by atoms with E-state index in [-0.39, 0.29) is 33.6 Å². The molecule has 0 aliphatic carbocycles. The lowest BCUT2D eigenvalue weighted by Crippen LogP contribution is -2.24. The monoisotopic (exact) mass is 498 g/mol. The number of carbonyl (C=O) groups excluding carboxylic acids is 1. The standard InChI is InChI=1S/C24H21ClF2N6O2/c1-12(2)22-16-5-21(28-3)30-8-13(16)11-33(23(22)34)20-7-19(18(27)6-17(20)25)32-24(35)31-15-4-14(26)9-29-10-15/h4-12,28H,1-3H3,(H2,31,32,35). The Bertz CT molecular complexity index is 1510. The van der Waals surface area contributed by atoms with Gasteiger partial charge in [-0.2, -0.15) is 0 Å². The highest BCUT2D eigenvalue weighted by molar-refractivity contribution is 6.32. The van der Waals surface area contributed by atoms with Gasteiger partial charge in [0.25, 0.3) is 5.56 Å². The molecule has 180 valence electrons. The molecule has 11 heteroatoms. The molecule has 0 aliphatic heterocycles. The molecule has 3 heterocycles. The molecule has 3 aromatic heterocycles. The molecule has 1 aromatic carbocycles. The average Bonchev–Trinajstić information content (AvgIpc) is 2.80. The zero-order chi connectivity index (χ0) is 25.3. The Hall–Kier alpha value is -4.05. The number of pyridine rings is 3. The SMILES string of the molecule is CNc1cc2c(C(C)C)c(=O)n(-c3cc(NC(=O)Nc4cncc(F)c4)c(F)cc3Cl)cc2cn1. The van der Waals surface area contributed by atoms with Crippen LogP contribution in [0, 0.1) is 11.6 Å². The molecule has 4 rings (SSSR count). The Morgan fingerprint density at radius 3 is 2.54 bits per heavy atom. The van der Waals surface area contributed by atoms with Crippen LogP contribution in [0.25, 0.3) is 16.5 Å². The minimum Gasteiger partial charge on any atom is -0.373 e. The lowest BCUT2D eigenvalue weighted by atomic mass is 9.99. The summed E-state index contributed by atoms with van der Waals surface area (Å²) in [6.07, 6.45) is 5.41. The highest BCUT2D eigenvalue weighted by atomic mass is 35.5. The normalized spacial score (nSPS) is 11.1. The van der Waals surface area contributed by atoms with Crippen molar-refractivity contribution in [1.82, 2.24) is 14.5 Å². The first-order valence-corrected chi connectivity index (χ1v) is 11.0. The summed E-state index contributed by atoms with van der Waals surface area (Å²) in [6.45, 7) is 3.79. The van der Waals surface area contributed by atoms with Gasteiger partial charge in [0, 0.05) is 36.5 Å². The van der Waals surface area contributed by atoms with Gasteiger partial charge in [0.1, 0.15) is 17.5 Å². The van der Waals surface area contributed by atoms with Gasteiger partial charge in [0.15, 0.2) is 0 Å². The molecule has 35 heavy (non-hydrogen) atoms. The summed E-state index contributed by atoms with van der Waals surface area (Å²) in [5, 5.41) is 9.07. The number of hydrogen-bond donors (Lipinski definition) is 3. The third-order valence-corrected chi connectivity index (χ3v) is 5.59. The van der Waals surface area contributed by atoms with Gasteiger partial charge >= 0.3 is 6.03 Å². The highest BCUT2D eigenvalue weighted by Crippen LogP contribution is 2.30. The van der Waals surface area contributed by atoms with Crippen LogP contribution < -0.4 is 21.5 Å². The minimum atomic E-state index is -0.831. The van der Waals surface area contributed by atoms with Crippen LogP contribution >= 0.6 is 11.6 Å². The number of carbonyl (C=O) groups is 1. The van der Waals surface area contributed by atoms with Crippen LogP contribution in [-0.4, -0.2) is 27.6 Å². The summed E-state index contributed by atoms with van der Waals surface area (Å²) in [7, 11) is 1.73. The molecule has 0 saturated carbocycles. The van der Waals surface area contributed by atoms with E-state index in [1.54, 1.807) is 25.5 Å². The van der Waals surface area contributed by atoms with Crippen LogP contribution in [-0.2, 0) is 0 Å². The molecule has 0 bridgehead atoms. The van der Waals surface area contributed by atoms with E-state index in [1.807, 2.05) is 13.8 Å². The number of fused-ring (bicyclic) bond motifs is 1. The van der Waals surface area contributed by atoms with Crippen LogP contribution in [0.4, 0.5) is 30.8 Å². The van der Waals surface area contributed by atoms with E-state index in [0.717, 1.165) is 23.7 Å². The number of nitrogens with zero attached hydrogens (tertiary/aromatic N) is 3. The Kier molecular flexibility index (Phi) is 6.65. The van der Waals surface area contributed by atoms with Crippen LogP contribution in [0.3, 0.4) is 0 Å². The molecule has 0 saturated heterocycles. The third kappa shape index (κ3) is 4.92.